The van der Waals surface area contributed by atoms with E-state index in [1.807, 2.05) is 31.2 Å². The number of hydrogen-bond donors (Lipinski definition) is 1. The molecule has 1 N–H and O–H groups in total. The fraction of sp³-hybridized carbons (Fsp3) is 0.176. The third-order valence-electron chi connectivity index (χ3n) is 3.36. The molecule has 4 heteroatoms. The Morgan fingerprint density at radius 1 is 1.19 bits per heavy atom. The fourth-order valence-electron chi connectivity index (χ4n) is 2.30. The van der Waals surface area contributed by atoms with Crippen LogP contribution >= 0.6 is 11.3 Å². The molecule has 0 aliphatic carbocycles. The summed E-state index contributed by atoms with van der Waals surface area (Å²) in [6.45, 7) is 2.50. The van der Waals surface area contributed by atoms with E-state index in [2.05, 4.69) is 27.8 Å². The molecule has 0 saturated heterocycles. The lowest BCUT2D eigenvalue weighted by atomic mass is 10.1. The van der Waals surface area contributed by atoms with Crippen molar-refractivity contribution in [3.8, 4) is 0 Å². The molecule has 0 radical (unpaired) electrons. The fourth-order valence-corrected chi connectivity index (χ4v) is 3.29. The number of nitrogens with one attached hydrogen (secondary N) is 1. The van der Waals surface area contributed by atoms with Crippen molar-refractivity contribution >= 4 is 27.3 Å². The molecule has 3 nitrogen and oxygen atoms in total. The summed E-state index contributed by atoms with van der Waals surface area (Å²) in [7, 11) is 0. The van der Waals surface area contributed by atoms with Gasteiger partial charge in [0.2, 0.25) is 0 Å². The molecule has 106 valence electrons. The largest absolute Gasteiger partial charge is 0.350 e. The first-order valence-corrected chi connectivity index (χ1v) is 7.79. The van der Waals surface area contributed by atoms with Crippen molar-refractivity contribution in [1.29, 1.82) is 0 Å². The SMILES string of the molecule is Cc1cccc(C(=O)NCCc2csc3ccccc23)n1. The Morgan fingerprint density at radius 2 is 2.05 bits per heavy atom. The summed E-state index contributed by atoms with van der Waals surface area (Å²) >= 11 is 1.75. The summed E-state index contributed by atoms with van der Waals surface area (Å²) in [6, 6.07) is 13.8. The van der Waals surface area contributed by atoms with Gasteiger partial charge in [0.1, 0.15) is 5.69 Å². The second-order valence-electron chi connectivity index (χ2n) is 4.93. The Morgan fingerprint density at radius 3 is 2.90 bits per heavy atom. The summed E-state index contributed by atoms with van der Waals surface area (Å²) in [5.41, 5.74) is 2.62. The van der Waals surface area contributed by atoms with E-state index in [9.17, 15) is 4.79 Å². The predicted octanol–water partition coefficient (Wildman–Crippen LogP) is 3.58. The van der Waals surface area contributed by atoms with E-state index in [-0.39, 0.29) is 5.91 Å². The van der Waals surface area contributed by atoms with E-state index in [0.717, 1.165) is 12.1 Å². The second-order valence-corrected chi connectivity index (χ2v) is 5.84. The van der Waals surface area contributed by atoms with E-state index in [0.29, 0.717) is 12.2 Å². The third-order valence-corrected chi connectivity index (χ3v) is 4.37. The number of aryl methyl sites for hydroxylation is 1. The molecule has 2 aromatic heterocycles. The molecule has 0 fully saturated rings. The van der Waals surface area contributed by atoms with E-state index in [4.69, 9.17) is 0 Å². The van der Waals surface area contributed by atoms with Gasteiger partial charge in [-0.3, -0.25) is 4.79 Å². The minimum absolute atomic E-state index is 0.113. The summed E-state index contributed by atoms with van der Waals surface area (Å²) in [5, 5.41) is 6.38. The monoisotopic (exact) mass is 296 g/mol. The topological polar surface area (TPSA) is 42.0 Å². The van der Waals surface area contributed by atoms with Crippen molar-refractivity contribution < 1.29 is 4.79 Å². The molecule has 21 heavy (non-hydrogen) atoms. The van der Waals surface area contributed by atoms with Crippen LogP contribution in [0.3, 0.4) is 0 Å². The van der Waals surface area contributed by atoms with Gasteiger partial charge in [0.05, 0.1) is 0 Å². The second kappa shape index (κ2) is 6.06. The van der Waals surface area contributed by atoms with Crippen LogP contribution in [0, 0.1) is 6.92 Å². The summed E-state index contributed by atoms with van der Waals surface area (Å²) in [5.74, 6) is -0.113. The van der Waals surface area contributed by atoms with Crippen LogP contribution in [0.1, 0.15) is 21.7 Å². The quantitative estimate of drug-likeness (QED) is 0.799. The van der Waals surface area contributed by atoms with Gasteiger partial charge in [0.15, 0.2) is 0 Å². The number of hydrogen-bond acceptors (Lipinski definition) is 3. The predicted molar refractivity (Wildman–Crippen MR) is 86.8 cm³/mol. The zero-order valence-electron chi connectivity index (χ0n) is 11.8. The number of nitrogens with zero attached hydrogens (tertiary/aromatic N) is 1. The van der Waals surface area contributed by atoms with E-state index in [1.54, 1.807) is 17.4 Å². The van der Waals surface area contributed by atoms with Crippen LogP contribution in [0.4, 0.5) is 0 Å². The van der Waals surface area contributed by atoms with Gasteiger partial charge in [-0.1, -0.05) is 24.3 Å². The molecule has 3 rings (SSSR count). The van der Waals surface area contributed by atoms with Gasteiger partial charge < -0.3 is 5.32 Å². The van der Waals surface area contributed by atoms with Crippen LogP contribution < -0.4 is 5.32 Å². The number of aromatic nitrogens is 1. The van der Waals surface area contributed by atoms with Crippen molar-refractivity contribution in [2.75, 3.05) is 6.54 Å². The zero-order valence-corrected chi connectivity index (χ0v) is 12.6. The van der Waals surface area contributed by atoms with Gasteiger partial charge in [-0.15, -0.1) is 11.3 Å². The number of amides is 1. The van der Waals surface area contributed by atoms with E-state index >= 15 is 0 Å². The molecule has 0 saturated carbocycles. The van der Waals surface area contributed by atoms with E-state index < -0.39 is 0 Å². The number of fused-ring (bicyclic) bond motifs is 1. The number of pyridine rings is 1. The number of carbonyl (C=O) groups is 1. The lowest BCUT2D eigenvalue weighted by molar-refractivity contribution is 0.0949. The van der Waals surface area contributed by atoms with Gasteiger partial charge in [-0.2, -0.15) is 0 Å². The Kier molecular flexibility index (Phi) is 3.97. The first-order chi connectivity index (χ1) is 10.2. The van der Waals surface area contributed by atoms with Crippen LogP contribution in [0.25, 0.3) is 10.1 Å². The van der Waals surface area contributed by atoms with Gasteiger partial charge in [-0.25, -0.2) is 4.98 Å². The molecule has 1 aromatic carbocycles. The minimum atomic E-state index is -0.113. The molecule has 1 amide bonds. The molecular weight excluding hydrogens is 280 g/mol. The molecule has 0 spiro atoms. The van der Waals surface area contributed by atoms with Crippen molar-refractivity contribution in [3.63, 3.8) is 0 Å². The number of rotatable bonds is 4. The average Bonchev–Trinajstić information content (AvgIpc) is 2.91. The first kappa shape index (κ1) is 13.8. The highest BCUT2D eigenvalue weighted by Crippen LogP contribution is 2.25. The van der Waals surface area contributed by atoms with Crippen molar-refractivity contribution in [3.05, 3.63) is 64.8 Å². The first-order valence-electron chi connectivity index (χ1n) is 6.91. The van der Waals surface area contributed by atoms with Crippen LogP contribution in [-0.2, 0) is 6.42 Å². The molecule has 0 unspecified atom stereocenters. The highest BCUT2D eigenvalue weighted by atomic mass is 32.1. The Hall–Kier alpha value is -2.20. The molecule has 0 bridgehead atoms. The molecule has 3 aromatic rings. The number of benzene rings is 1. The molecule has 2 heterocycles. The normalized spacial score (nSPS) is 10.7. The smallest absolute Gasteiger partial charge is 0.269 e. The molecule has 0 atom stereocenters. The van der Waals surface area contributed by atoms with Gasteiger partial charge in [0, 0.05) is 16.9 Å². The third kappa shape index (κ3) is 3.11. The summed E-state index contributed by atoms with van der Waals surface area (Å²) in [4.78, 5) is 16.2. The molecule has 0 aliphatic heterocycles. The maximum Gasteiger partial charge on any atom is 0.269 e. The maximum atomic E-state index is 12.0. The summed E-state index contributed by atoms with van der Waals surface area (Å²) in [6.07, 6.45) is 0.835. The molecule has 0 aliphatic rings. The zero-order chi connectivity index (χ0) is 14.7. The van der Waals surface area contributed by atoms with Crippen molar-refractivity contribution in [2.45, 2.75) is 13.3 Å². The lowest BCUT2D eigenvalue weighted by Gasteiger charge is -2.05. The average molecular weight is 296 g/mol. The van der Waals surface area contributed by atoms with Crippen molar-refractivity contribution in [2.24, 2.45) is 0 Å². The lowest BCUT2D eigenvalue weighted by Crippen LogP contribution is -2.26. The van der Waals surface area contributed by atoms with E-state index in [1.165, 1.54) is 15.6 Å². The number of carbonyl (C=O) groups excluding carboxylic acids is 1. The van der Waals surface area contributed by atoms with Gasteiger partial charge in [-0.05, 0) is 47.9 Å². The number of thiophene rings is 1. The standard InChI is InChI=1S/C17H16N2OS/c1-12-5-4-7-15(19-12)17(20)18-10-9-13-11-21-16-8-3-2-6-14(13)16/h2-8,11H,9-10H2,1H3,(H,18,20). The van der Waals surface area contributed by atoms with Gasteiger partial charge in [0.25, 0.3) is 5.91 Å². The van der Waals surface area contributed by atoms with Crippen molar-refractivity contribution in [1.82, 2.24) is 10.3 Å². The minimum Gasteiger partial charge on any atom is -0.350 e. The van der Waals surface area contributed by atoms with Crippen LogP contribution in [0.2, 0.25) is 0 Å². The Bertz CT molecular complexity index is 779. The van der Waals surface area contributed by atoms with Gasteiger partial charge >= 0.3 is 0 Å². The highest BCUT2D eigenvalue weighted by Gasteiger charge is 2.07. The highest BCUT2D eigenvalue weighted by molar-refractivity contribution is 7.17. The maximum absolute atomic E-state index is 12.0. The summed E-state index contributed by atoms with van der Waals surface area (Å²) < 4.78 is 1.29. The molecular formula is C17H16N2OS. The van der Waals surface area contributed by atoms with Crippen LogP contribution in [-0.4, -0.2) is 17.4 Å². The van der Waals surface area contributed by atoms with Crippen LogP contribution in [0.15, 0.2) is 47.8 Å². The Labute approximate surface area is 127 Å². The Balaban J connectivity index is 1.62. The van der Waals surface area contributed by atoms with Crippen LogP contribution in [0.5, 0.6) is 0 Å².